The molecule has 4 nitrogen and oxygen atoms in total. The topological polar surface area (TPSA) is 77.8 Å². The molecule has 4 heteroatoms. The number of aliphatic hydroxyl groups is 2. The lowest BCUT2D eigenvalue weighted by atomic mass is 9.33. The van der Waals surface area contributed by atoms with Crippen LogP contribution in [0.2, 0.25) is 0 Å². The standard InChI is InChI=1S/C30H48O4/c1-17-10-13-30(25(33)34)15-14-28(6)19(23(30)18(17)2)8-9-22-27(5)16-20(31)24(32)26(3,4)21(27)11-12-29(22,28)7/h8,17-18,20-24,31-32H,9-16H2,1-7H3,(H,33,34)/t17?,18-,20?,21-,22+,23-,24-,27-,28+,29+,30-/m0/s1. The van der Waals surface area contributed by atoms with E-state index in [9.17, 15) is 20.1 Å². The second-order valence-electron chi connectivity index (χ2n) is 14.6. The average Bonchev–Trinajstić information content (AvgIpc) is 2.75. The summed E-state index contributed by atoms with van der Waals surface area (Å²) < 4.78 is 0. The van der Waals surface area contributed by atoms with Crippen molar-refractivity contribution in [3.05, 3.63) is 11.6 Å². The van der Waals surface area contributed by atoms with Crippen molar-refractivity contribution in [2.24, 2.45) is 56.7 Å². The Labute approximate surface area is 206 Å². The van der Waals surface area contributed by atoms with E-state index >= 15 is 0 Å². The summed E-state index contributed by atoms with van der Waals surface area (Å²) in [5.74, 6) is 1.30. The number of hydrogen-bond donors (Lipinski definition) is 3. The Kier molecular flexibility index (Phi) is 5.36. The lowest BCUT2D eigenvalue weighted by molar-refractivity contribution is -0.232. The van der Waals surface area contributed by atoms with Gasteiger partial charge in [-0.15, -0.1) is 0 Å². The number of aliphatic carboxylic acids is 1. The Morgan fingerprint density at radius 2 is 1.62 bits per heavy atom. The number of fused-ring (bicyclic) bond motifs is 7. The third-order valence-corrected chi connectivity index (χ3v) is 13.4. The molecule has 3 N–H and O–H groups in total. The van der Waals surface area contributed by atoms with Gasteiger partial charge in [-0.05, 0) is 103 Å². The predicted molar refractivity (Wildman–Crippen MR) is 134 cm³/mol. The van der Waals surface area contributed by atoms with E-state index in [1.165, 1.54) is 5.57 Å². The molecular formula is C30H48O4. The maximum absolute atomic E-state index is 12.8. The highest BCUT2D eigenvalue weighted by atomic mass is 16.4. The number of hydrogen-bond acceptors (Lipinski definition) is 3. The fourth-order valence-electron chi connectivity index (χ4n) is 11.0. The zero-order chi connectivity index (χ0) is 25.1. The first kappa shape index (κ1) is 24.8. The van der Waals surface area contributed by atoms with Gasteiger partial charge in [0.25, 0.3) is 0 Å². The van der Waals surface area contributed by atoms with E-state index in [1.54, 1.807) is 0 Å². The summed E-state index contributed by atoms with van der Waals surface area (Å²) in [4.78, 5) is 12.8. The smallest absolute Gasteiger partial charge is 0.310 e. The highest BCUT2D eigenvalue weighted by molar-refractivity contribution is 5.76. The minimum Gasteiger partial charge on any atom is -0.481 e. The quantitative estimate of drug-likeness (QED) is 0.405. The van der Waals surface area contributed by atoms with E-state index in [0.717, 1.165) is 44.9 Å². The summed E-state index contributed by atoms with van der Waals surface area (Å²) in [6, 6.07) is 0. The van der Waals surface area contributed by atoms with Crippen molar-refractivity contribution in [2.45, 2.75) is 112 Å². The monoisotopic (exact) mass is 472 g/mol. The summed E-state index contributed by atoms with van der Waals surface area (Å²) in [6.45, 7) is 16.3. The molecule has 192 valence electrons. The molecule has 0 spiro atoms. The molecule has 0 aromatic rings. The lowest BCUT2D eigenvalue weighted by Gasteiger charge is -2.71. The molecule has 2 unspecified atom stereocenters. The fourth-order valence-corrected chi connectivity index (χ4v) is 11.0. The Morgan fingerprint density at radius 1 is 0.941 bits per heavy atom. The Hall–Kier alpha value is -0.870. The summed E-state index contributed by atoms with van der Waals surface area (Å²) in [5.41, 5.74) is 0.574. The molecule has 4 saturated carbocycles. The van der Waals surface area contributed by atoms with Gasteiger partial charge in [0.15, 0.2) is 0 Å². The number of carboxylic acids is 1. The zero-order valence-corrected chi connectivity index (χ0v) is 22.5. The second-order valence-corrected chi connectivity index (χ2v) is 14.6. The van der Waals surface area contributed by atoms with Crippen molar-refractivity contribution < 1.29 is 20.1 Å². The first-order chi connectivity index (χ1) is 15.7. The molecular weight excluding hydrogens is 424 g/mol. The Morgan fingerprint density at radius 3 is 2.26 bits per heavy atom. The van der Waals surface area contributed by atoms with Crippen LogP contribution in [0.5, 0.6) is 0 Å². The maximum Gasteiger partial charge on any atom is 0.310 e. The van der Waals surface area contributed by atoms with E-state index in [4.69, 9.17) is 0 Å². The van der Waals surface area contributed by atoms with Gasteiger partial charge in [0, 0.05) is 0 Å². The van der Waals surface area contributed by atoms with Crippen LogP contribution in [-0.2, 0) is 4.79 Å². The van der Waals surface area contributed by atoms with Crippen LogP contribution in [-0.4, -0.2) is 33.5 Å². The predicted octanol–water partition coefficient (Wildman–Crippen LogP) is 6.06. The van der Waals surface area contributed by atoms with Crippen LogP contribution in [0.25, 0.3) is 0 Å². The fraction of sp³-hybridized carbons (Fsp3) is 0.900. The van der Waals surface area contributed by atoms with Gasteiger partial charge in [-0.3, -0.25) is 4.79 Å². The molecule has 0 amide bonds. The van der Waals surface area contributed by atoms with Crippen molar-refractivity contribution in [1.82, 2.24) is 0 Å². The van der Waals surface area contributed by atoms with Gasteiger partial charge in [0.2, 0.25) is 0 Å². The van der Waals surface area contributed by atoms with Crippen molar-refractivity contribution in [2.75, 3.05) is 0 Å². The third kappa shape index (κ3) is 2.76. The number of aliphatic hydroxyl groups excluding tert-OH is 2. The first-order valence-corrected chi connectivity index (χ1v) is 14.0. The summed E-state index contributed by atoms with van der Waals surface area (Å²) in [6.07, 6.45) is 8.53. The normalized spacial score (nSPS) is 56.3. The Bertz CT molecular complexity index is 907. The van der Waals surface area contributed by atoms with Crippen LogP contribution in [0.1, 0.15) is 99.8 Å². The van der Waals surface area contributed by atoms with Gasteiger partial charge < -0.3 is 15.3 Å². The molecule has 5 aliphatic rings. The van der Waals surface area contributed by atoms with Crippen molar-refractivity contribution >= 4 is 5.97 Å². The molecule has 0 aliphatic heterocycles. The summed E-state index contributed by atoms with van der Waals surface area (Å²) in [5, 5.41) is 32.4. The van der Waals surface area contributed by atoms with Crippen LogP contribution in [0.15, 0.2) is 11.6 Å². The second kappa shape index (κ2) is 7.34. The summed E-state index contributed by atoms with van der Waals surface area (Å²) in [7, 11) is 0. The molecule has 0 bridgehead atoms. The van der Waals surface area contributed by atoms with Gasteiger partial charge in [-0.25, -0.2) is 0 Å². The minimum absolute atomic E-state index is 0.00993. The number of carboxylic acid groups (broad SMARTS) is 1. The van der Waals surface area contributed by atoms with Crippen LogP contribution in [0, 0.1) is 56.7 Å². The lowest BCUT2D eigenvalue weighted by Crippen LogP contribution is -2.67. The molecule has 4 fully saturated rings. The number of rotatable bonds is 1. The number of allylic oxidation sites excluding steroid dienone is 2. The highest BCUT2D eigenvalue weighted by Gasteiger charge is 2.70. The third-order valence-electron chi connectivity index (χ3n) is 13.4. The van der Waals surface area contributed by atoms with E-state index in [2.05, 4.69) is 54.5 Å². The molecule has 0 saturated heterocycles. The van der Waals surface area contributed by atoms with Gasteiger partial charge in [-0.1, -0.05) is 60.1 Å². The van der Waals surface area contributed by atoms with Crippen LogP contribution >= 0.6 is 0 Å². The van der Waals surface area contributed by atoms with Gasteiger partial charge >= 0.3 is 5.97 Å². The van der Waals surface area contributed by atoms with Gasteiger partial charge in [0.05, 0.1) is 17.6 Å². The van der Waals surface area contributed by atoms with Crippen molar-refractivity contribution in [3.63, 3.8) is 0 Å². The summed E-state index contributed by atoms with van der Waals surface area (Å²) >= 11 is 0. The molecule has 0 aromatic carbocycles. The number of carbonyl (C=O) groups is 1. The van der Waals surface area contributed by atoms with Crippen LogP contribution in [0.4, 0.5) is 0 Å². The Balaban J connectivity index is 1.62. The van der Waals surface area contributed by atoms with E-state index in [-0.39, 0.29) is 27.6 Å². The molecule has 5 aliphatic carbocycles. The zero-order valence-electron chi connectivity index (χ0n) is 22.5. The minimum atomic E-state index is -0.679. The van der Waals surface area contributed by atoms with E-state index in [1.807, 2.05) is 0 Å². The first-order valence-electron chi connectivity index (χ1n) is 14.0. The molecule has 34 heavy (non-hydrogen) atoms. The van der Waals surface area contributed by atoms with Gasteiger partial charge in [0.1, 0.15) is 0 Å². The SMILES string of the molecule is CC1CC[C@]2(C(=O)O)CC[C@]3(C)C(=CC[C@@H]4[C@@]5(C)CC(O)[C@H](O)C(C)(C)[C@@H]5CC[C@]43C)[C@@H]2[C@H]1C. The average molecular weight is 473 g/mol. The van der Waals surface area contributed by atoms with Gasteiger partial charge in [-0.2, -0.15) is 0 Å². The van der Waals surface area contributed by atoms with Crippen molar-refractivity contribution in [3.8, 4) is 0 Å². The molecule has 11 atom stereocenters. The largest absolute Gasteiger partial charge is 0.481 e. The molecule has 0 radical (unpaired) electrons. The highest BCUT2D eigenvalue weighted by Crippen LogP contribution is 2.75. The molecule has 0 heterocycles. The van der Waals surface area contributed by atoms with E-state index in [0.29, 0.717) is 30.1 Å². The van der Waals surface area contributed by atoms with E-state index < -0.39 is 23.6 Å². The van der Waals surface area contributed by atoms with Crippen LogP contribution < -0.4 is 0 Å². The molecule has 5 rings (SSSR count). The molecule has 0 aromatic heterocycles. The van der Waals surface area contributed by atoms with Crippen molar-refractivity contribution in [1.29, 1.82) is 0 Å². The van der Waals surface area contributed by atoms with Crippen LogP contribution in [0.3, 0.4) is 0 Å². The maximum atomic E-state index is 12.8.